The number of carbonyl (C=O) groups excluding carboxylic acids is 1. The van der Waals surface area contributed by atoms with Crippen molar-refractivity contribution in [1.82, 2.24) is 10.3 Å². The second kappa shape index (κ2) is 6.06. The van der Waals surface area contributed by atoms with E-state index in [1.54, 1.807) is 24.5 Å². The van der Waals surface area contributed by atoms with Gasteiger partial charge in [0.05, 0.1) is 13.2 Å². The minimum absolute atomic E-state index is 0.0586. The molecule has 2 N–H and O–H groups in total. The minimum atomic E-state index is -0.257. The number of phenols is 1. The first-order valence-corrected chi connectivity index (χ1v) is 6.19. The average molecular weight is 272 g/mol. The molecule has 1 aromatic carbocycles. The Bertz CT molecular complexity index is 599. The Kier molecular flexibility index (Phi) is 4.20. The highest BCUT2D eigenvalue weighted by Gasteiger charge is 2.13. The van der Waals surface area contributed by atoms with E-state index in [1.807, 2.05) is 19.1 Å². The molecule has 0 aliphatic heterocycles. The third kappa shape index (κ3) is 3.06. The highest BCUT2D eigenvalue weighted by molar-refractivity contribution is 5.95. The molecule has 5 heteroatoms. The lowest BCUT2D eigenvalue weighted by Crippen LogP contribution is -2.26. The van der Waals surface area contributed by atoms with E-state index in [4.69, 9.17) is 4.74 Å². The van der Waals surface area contributed by atoms with Gasteiger partial charge in [0.2, 0.25) is 0 Å². The smallest absolute Gasteiger partial charge is 0.251 e. The molecule has 5 nitrogen and oxygen atoms in total. The van der Waals surface area contributed by atoms with Crippen LogP contribution in [0.3, 0.4) is 0 Å². The van der Waals surface area contributed by atoms with E-state index in [2.05, 4.69) is 10.3 Å². The fourth-order valence-electron chi connectivity index (χ4n) is 1.85. The minimum Gasteiger partial charge on any atom is -0.504 e. The second-order valence-corrected chi connectivity index (χ2v) is 4.36. The summed E-state index contributed by atoms with van der Waals surface area (Å²) in [6.07, 6.45) is 3.36. The predicted octanol–water partition coefficient (Wildman–Crippen LogP) is 2.29. The number of aromatic hydroxyl groups is 1. The monoisotopic (exact) mass is 272 g/mol. The molecule has 1 aromatic heterocycles. The quantitative estimate of drug-likeness (QED) is 0.895. The lowest BCUT2D eigenvalue weighted by Gasteiger charge is -2.14. The summed E-state index contributed by atoms with van der Waals surface area (Å²) >= 11 is 0. The second-order valence-electron chi connectivity index (χ2n) is 4.36. The first-order valence-electron chi connectivity index (χ1n) is 6.19. The van der Waals surface area contributed by atoms with Gasteiger partial charge in [-0.25, -0.2) is 0 Å². The number of rotatable bonds is 4. The van der Waals surface area contributed by atoms with Crippen LogP contribution >= 0.6 is 0 Å². The molecule has 1 amide bonds. The van der Waals surface area contributed by atoms with E-state index < -0.39 is 0 Å². The highest BCUT2D eigenvalue weighted by atomic mass is 16.5. The summed E-state index contributed by atoms with van der Waals surface area (Å²) in [4.78, 5) is 16.0. The van der Waals surface area contributed by atoms with E-state index in [9.17, 15) is 9.90 Å². The zero-order valence-electron chi connectivity index (χ0n) is 11.3. The maximum Gasteiger partial charge on any atom is 0.251 e. The number of benzene rings is 1. The summed E-state index contributed by atoms with van der Waals surface area (Å²) in [6, 6.07) is 8.09. The van der Waals surface area contributed by atoms with Crippen LogP contribution in [0.25, 0.3) is 0 Å². The van der Waals surface area contributed by atoms with E-state index in [0.717, 1.165) is 5.56 Å². The largest absolute Gasteiger partial charge is 0.504 e. The Morgan fingerprint density at radius 1 is 1.30 bits per heavy atom. The Balaban J connectivity index is 2.10. The van der Waals surface area contributed by atoms with Crippen molar-refractivity contribution >= 4 is 5.91 Å². The molecule has 0 saturated heterocycles. The molecule has 1 atom stereocenters. The lowest BCUT2D eigenvalue weighted by molar-refractivity contribution is 0.0939. The topological polar surface area (TPSA) is 71.5 Å². The number of nitrogens with one attached hydrogen (secondary N) is 1. The van der Waals surface area contributed by atoms with Crippen molar-refractivity contribution in [1.29, 1.82) is 0 Å². The molecule has 20 heavy (non-hydrogen) atoms. The Morgan fingerprint density at radius 3 is 2.60 bits per heavy atom. The van der Waals surface area contributed by atoms with Crippen LogP contribution in [0.15, 0.2) is 42.7 Å². The van der Waals surface area contributed by atoms with Crippen LogP contribution < -0.4 is 10.1 Å². The number of methoxy groups -OCH3 is 1. The van der Waals surface area contributed by atoms with Gasteiger partial charge in [-0.1, -0.05) is 0 Å². The van der Waals surface area contributed by atoms with Crippen LogP contribution in [0, 0.1) is 0 Å². The fraction of sp³-hybridized carbons (Fsp3) is 0.200. The van der Waals surface area contributed by atoms with Crippen LogP contribution in [0.5, 0.6) is 11.5 Å². The molecule has 1 heterocycles. The van der Waals surface area contributed by atoms with Gasteiger partial charge in [-0.2, -0.15) is 0 Å². The highest BCUT2D eigenvalue weighted by Crippen LogP contribution is 2.26. The van der Waals surface area contributed by atoms with Crippen LogP contribution in [0.4, 0.5) is 0 Å². The standard InChI is InChI=1S/C15H16N2O3/c1-10(11-5-7-16-8-6-11)17-15(19)12-3-4-14(20-2)13(18)9-12/h3-10,18H,1-2H3,(H,17,19). The molecule has 0 saturated carbocycles. The van der Waals surface area contributed by atoms with Gasteiger partial charge in [0.1, 0.15) is 0 Å². The average Bonchev–Trinajstić information content (AvgIpc) is 2.48. The van der Waals surface area contributed by atoms with E-state index >= 15 is 0 Å². The fourth-order valence-corrected chi connectivity index (χ4v) is 1.85. The first kappa shape index (κ1) is 13.9. The SMILES string of the molecule is COc1ccc(C(=O)NC(C)c2ccncc2)cc1O. The molecule has 2 rings (SSSR count). The third-order valence-electron chi connectivity index (χ3n) is 2.99. The number of hydrogen-bond donors (Lipinski definition) is 2. The van der Waals surface area contributed by atoms with Gasteiger partial charge in [0, 0.05) is 18.0 Å². The molecular formula is C15H16N2O3. The maximum atomic E-state index is 12.1. The number of nitrogens with zero attached hydrogens (tertiary/aromatic N) is 1. The summed E-state index contributed by atoms with van der Waals surface area (Å²) in [6.45, 7) is 1.89. The van der Waals surface area contributed by atoms with Crippen molar-refractivity contribution in [2.75, 3.05) is 7.11 Å². The number of phenolic OH excluding ortho intramolecular Hbond substituents is 1. The zero-order chi connectivity index (χ0) is 14.5. The van der Waals surface area contributed by atoms with Gasteiger partial charge in [-0.05, 0) is 42.8 Å². The zero-order valence-corrected chi connectivity index (χ0v) is 11.3. The van der Waals surface area contributed by atoms with Crippen LogP contribution in [-0.4, -0.2) is 23.1 Å². The predicted molar refractivity (Wildman–Crippen MR) is 74.8 cm³/mol. The van der Waals surface area contributed by atoms with Crippen molar-refractivity contribution in [3.8, 4) is 11.5 Å². The van der Waals surface area contributed by atoms with Gasteiger partial charge in [-0.15, -0.1) is 0 Å². The number of hydrogen-bond acceptors (Lipinski definition) is 4. The summed E-state index contributed by atoms with van der Waals surface area (Å²) in [5.41, 5.74) is 1.34. The molecule has 0 aliphatic rings. The van der Waals surface area contributed by atoms with E-state index in [0.29, 0.717) is 11.3 Å². The van der Waals surface area contributed by atoms with Crippen LogP contribution in [-0.2, 0) is 0 Å². The molecule has 2 aromatic rings. The van der Waals surface area contributed by atoms with Gasteiger partial charge >= 0.3 is 0 Å². The summed E-state index contributed by atoms with van der Waals surface area (Å²) in [5.74, 6) is 0.0210. The maximum absolute atomic E-state index is 12.1. The Labute approximate surface area is 117 Å². The molecule has 0 bridgehead atoms. The lowest BCUT2D eigenvalue weighted by atomic mass is 10.1. The molecule has 0 radical (unpaired) electrons. The van der Waals surface area contributed by atoms with Crippen molar-refractivity contribution in [3.05, 3.63) is 53.9 Å². The number of amides is 1. The summed E-state index contributed by atoms with van der Waals surface area (Å²) in [5, 5.41) is 12.5. The number of aromatic nitrogens is 1. The molecule has 0 aliphatic carbocycles. The summed E-state index contributed by atoms with van der Waals surface area (Å²) in [7, 11) is 1.46. The molecular weight excluding hydrogens is 256 g/mol. The molecule has 104 valence electrons. The normalized spacial score (nSPS) is 11.7. The first-order chi connectivity index (χ1) is 9.61. The number of ether oxygens (including phenoxy) is 1. The van der Waals surface area contributed by atoms with Gasteiger partial charge in [0.15, 0.2) is 11.5 Å². The van der Waals surface area contributed by atoms with Crippen molar-refractivity contribution < 1.29 is 14.6 Å². The Hall–Kier alpha value is -2.56. The third-order valence-corrected chi connectivity index (χ3v) is 2.99. The molecule has 0 fully saturated rings. The Morgan fingerprint density at radius 2 is 2.00 bits per heavy atom. The van der Waals surface area contributed by atoms with Gasteiger partial charge < -0.3 is 15.2 Å². The van der Waals surface area contributed by atoms with E-state index in [1.165, 1.54) is 13.2 Å². The van der Waals surface area contributed by atoms with Crippen molar-refractivity contribution in [2.24, 2.45) is 0 Å². The summed E-state index contributed by atoms with van der Waals surface area (Å²) < 4.78 is 4.94. The molecule has 0 spiro atoms. The van der Waals surface area contributed by atoms with Crippen LogP contribution in [0.1, 0.15) is 28.9 Å². The number of pyridine rings is 1. The number of carbonyl (C=O) groups is 1. The van der Waals surface area contributed by atoms with Crippen molar-refractivity contribution in [3.63, 3.8) is 0 Å². The van der Waals surface area contributed by atoms with E-state index in [-0.39, 0.29) is 17.7 Å². The molecule has 1 unspecified atom stereocenters. The van der Waals surface area contributed by atoms with Crippen LogP contribution in [0.2, 0.25) is 0 Å². The van der Waals surface area contributed by atoms with Gasteiger partial charge in [0.25, 0.3) is 5.91 Å². The van der Waals surface area contributed by atoms with Gasteiger partial charge in [-0.3, -0.25) is 9.78 Å². The van der Waals surface area contributed by atoms with Crippen molar-refractivity contribution in [2.45, 2.75) is 13.0 Å².